The minimum atomic E-state index is -4.85. The van der Waals surface area contributed by atoms with E-state index in [1.54, 1.807) is 0 Å². The second-order valence-electron chi connectivity index (χ2n) is 3.18. The van der Waals surface area contributed by atoms with E-state index in [1.807, 2.05) is 0 Å². The van der Waals surface area contributed by atoms with Crippen LogP contribution >= 0.6 is 0 Å². The lowest BCUT2D eigenvalue weighted by molar-refractivity contribution is -0.141. The molecule has 1 aromatic heterocycles. The van der Waals surface area contributed by atoms with Crippen molar-refractivity contribution in [3.8, 4) is 0 Å². The van der Waals surface area contributed by atoms with E-state index in [0.717, 1.165) is 0 Å². The SMILES string of the molecule is NCc1c(C(F)F)cc(C(F)(F)F)nc1CO. The first-order chi connectivity index (χ1) is 7.81. The van der Waals surface area contributed by atoms with E-state index in [4.69, 9.17) is 10.8 Å². The van der Waals surface area contributed by atoms with E-state index in [-0.39, 0.29) is 11.6 Å². The molecular weight excluding hydrogens is 247 g/mol. The maximum Gasteiger partial charge on any atom is 0.433 e. The van der Waals surface area contributed by atoms with Crippen molar-refractivity contribution in [2.45, 2.75) is 25.8 Å². The van der Waals surface area contributed by atoms with Gasteiger partial charge in [0.25, 0.3) is 6.43 Å². The molecule has 0 atom stereocenters. The van der Waals surface area contributed by atoms with Gasteiger partial charge in [-0.25, -0.2) is 13.8 Å². The Morgan fingerprint density at radius 3 is 2.29 bits per heavy atom. The van der Waals surface area contributed by atoms with E-state index < -0.39 is 42.7 Å². The van der Waals surface area contributed by atoms with Crippen molar-refractivity contribution in [3.63, 3.8) is 0 Å². The molecule has 1 heterocycles. The first-order valence-electron chi connectivity index (χ1n) is 4.50. The zero-order valence-corrected chi connectivity index (χ0v) is 8.43. The Morgan fingerprint density at radius 1 is 1.35 bits per heavy atom. The third-order valence-electron chi connectivity index (χ3n) is 2.12. The molecule has 0 amide bonds. The van der Waals surface area contributed by atoms with E-state index in [9.17, 15) is 22.0 Å². The van der Waals surface area contributed by atoms with Gasteiger partial charge in [-0.2, -0.15) is 13.2 Å². The highest BCUT2D eigenvalue weighted by atomic mass is 19.4. The number of alkyl halides is 5. The lowest BCUT2D eigenvalue weighted by Crippen LogP contribution is -2.15. The lowest BCUT2D eigenvalue weighted by Gasteiger charge is -2.14. The number of aliphatic hydroxyl groups is 1. The standard InChI is InChI=1S/C9H9F5N2O/c10-8(11)4-1-7(9(12,13)14)16-6(3-17)5(4)2-15/h1,8,17H,2-3,15H2. The smallest absolute Gasteiger partial charge is 0.390 e. The Balaban J connectivity index is 3.46. The zero-order valence-electron chi connectivity index (χ0n) is 8.43. The third kappa shape index (κ3) is 2.89. The van der Waals surface area contributed by atoms with Crippen LogP contribution in [0.4, 0.5) is 22.0 Å². The Morgan fingerprint density at radius 2 is 1.94 bits per heavy atom. The molecule has 3 N–H and O–H groups in total. The number of hydrogen-bond acceptors (Lipinski definition) is 3. The molecule has 0 saturated heterocycles. The number of nitrogens with zero attached hydrogens (tertiary/aromatic N) is 1. The second-order valence-corrected chi connectivity index (χ2v) is 3.18. The van der Waals surface area contributed by atoms with Crippen molar-refractivity contribution in [1.82, 2.24) is 4.98 Å². The van der Waals surface area contributed by atoms with Gasteiger partial charge in [-0.1, -0.05) is 0 Å². The van der Waals surface area contributed by atoms with Crippen LogP contribution in [0.3, 0.4) is 0 Å². The van der Waals surface area contributed by atoms with E-state index >= 15 is 0 Å². The van der Waals surface area contributed by atoms with E-state index in [1.165, 1.54) is 0 Å². The van der Waals surface area contributed by atoms with Crippen LogP contribution in [0.1, 0.15) is 28.9 Å². The predicted molar refractivity (Wildman–Crippen MR) is 48.0 cm³/mol. The third-order valence-corrected chi connectivity index (χ3v) is 2.12. The van der Waals surface area contributed by atoms with Crippen molar-refractivity contribution in [1.29, 1.82) is 0 Å². The van der Waals surface area contributed by atoms with Crippen molar-refractivity contribution in [3.05, 3.63) is 28.6 Å². The maximum absolute atomic E-state index is 12.6. The highest BCUT2D eigenvalue weighted by Crippen LogP contribution is 2.33. The van der Waals surface area contributed by atoms with Gasteiger partial charge in [0.1, 0.15) is 5.69 Å². The quantitative estimate of drug-likeness (QED) is 0.813. The molecule has 1 rings (SSSR count). The Bertz CT molecular complexity index is 405. The first-order valence-corrected chi connectivity index (χ1v) is 4.50. The van der Waals surface area contributed by atoms with Crippen LogP contribution in [0.2, 0.25) is 0 Å². The van der Waals surface area contributed by atoms with Gasteiger partial charge in [-0.15, -0.1) is 0 Å². The van der Waals surface area contributed by atoms with E-state index in [0.29, 0.717) is 0 Å². The summed E-state index contributed by atoms with van der Waals surface area (Å²) in [6.07, 6.45) is -7.95. The van der Waals surface area contributed by atoms with Gasteiger partial charge in [0.2, 0.25) is 0 Å². The van der Waals surface area contributed by atoms with Crippen LogP contribution in [-0.2, 0) is 19.3 Å². The molecule has 0 aromatic carbocycles. The molecule has 0 aliphatic carbocycles. The summed E-state index contributed by atoms with van der Waals surface area (Å²) in [4.78, 5) is 3.09. The molecule has 0 spiro atoms. The van der Waals surface area contributed by atoms with Gasteiger partial charge in [0, 0.05) is 12.1 Å². The summed E-state index contributed by atoms with van der Waals surface area (Å²) < 4.78 is 62.2. The Kier molecular flexibility index (Phi) is 3.99. The second kappa shape index (κ2) is 4.92. The average Bonchev–Trinajstić information content (AvgIpc) is 2.25. The Hall–Kier alpha value is -1.28. The molecule has 0 unspecified atom stereocenters. The summed E-state index contributed by atoms with van der Waals surface area (Å²) in [5.74, 6) is 0. The molecule has 0 aliphatic heterocycles. The average molecular weight is 256 g/mol. The summed E-state index contributed by atoms with van der Waals surface area (Å²) in [5, 5.41) is 8.82. The minimum absolute atomic E-state index is 0.254. The molecule has 3 nitrogen and oxygen atoms in total. The maximum atomic E-state index is 12.6. The Labute approximate surface area is 93.1 Å². The van der Waals surface area contributed by atoms with Crippen LogP contribution < -0.4 is 5.73 Å². The fraction of sp³-hybridized carbons (Fsp3) is 0.444. The van der Waals surface area contributed by atoms with Gasteiger partial charge >= 0.3 is 6.18 Å². The molecule has 0 fully saturated rings. The van der Waals surface area contributed by atoms with Crippen LogP contribution in [0, 0.1) is 0 Å². The van der Waals surface area contributed by atoms with Crippen LogP contribution in [0.15, 0.2) is 6.07 Å². The summed E-state index contributed by atoms with van der Waals surface area (Å²) in [5.41, 5.74) is 2.12. The van der Waals surface area contributed by atoms with Gasteiger partial charge in [-0.3, -0.25) is 0 Å². The number of halogens is 5. The first kappa shape index (κ1) is 13.8. The largest absolute Gasteiger partial charge is 0.433 e. The van der Waals surface area contributed by atoms with Gasteiger partial charge in [0.15, 0.2) is 0 Å². The predicted octanol–water partition coefficient (Wildman–Crippen LogP) is 1.99. The highest BCUT2D eigenvalue weighted by Gasteiger charge is 2.35. The number of rotatable bonds is 3. The molecular formula is C9H9F5N2O. The van der Waals surface area contributed by atoms with Crippen molar-refractivity contribution >= 4 is 0 Å². The monoisotopic (exact) mass is 256 g/mol. The summed E-state index contributed by atoms with van der Waals surface area (Å²) in [7, 11) is 0. The number of hydrogen-bond donors (Lipinski definition) is 2. The molecule has 8 heteroatoms. The number of nitrogens with two attached hydrogens (primary N) is 1. The molecule has 1 aromatic rings. The molecule has 0 bridgehead atoms. The number of aromatic nitrogens is 1. The molecule has 0 aliphatic rings. The van der Waals surface area contributed by atoms with Crippen LogP contribution in [-0.4, -0.2) is 10.1 Å². The normalized spacial score (nSPS) is 12.2. The fourth-order valence-corrected chi connectivity index (χ4v) is 1.35. The summed E-state index contributed by atoms with van der Waals surface area (Å²) in [6.45, 7) is -1.29. The van der Waals surface area contributed by atoms with Crippen LogP contribution in [0.5, 0.6) is 0 Å². The van der Waals surface area contributed by atoms with Gasteiger partial charge in [0.05, 0.1) is 12.3 Å². The number of aliphatic hydroxyl groups excluding tert-OH is 1. The topological polar surface area (TPSA) is 59.1 Å². The molecule has 0 radical (unpaired) electrons. The minimum Gasteiger partial charge on any atom is -0.390 e. The van der Waals surface area contributed by atoms with Gasteiger partial charge < -0.3 is 10.8 Å². The molecule has 96 valence electrons. The number of pyridine rings is 1. The van der Waals surface area contributed by atoms with E-state index in [2.05, 4.69) is 4.98 Å². The molecule has 17 heavy (non-hydrogen) atoms. The van der Waals surface area contributed by atoms with Crippen molar-refractivity contribution in [2.24, 2.45) is 5.73 Å². The summed E-state index contributed by atoms with van der Waals surface area (Å²) in [6, 6.07) is 0.256. The van der Waals surface area contributed by atoms with Crippen molar-refractivity contribution in [2.75, 3.05) is 0 Å². The fourth-order valence-electron chi connectivity index (χ4n) is 1.35. The van der Waals surface area contributed by atoms with Crippen molar-refractivity contribution < 1.29 is 27.1 Å². The lowest BCUT2D eigenvalue weighted by atomic mass is 10.1. The highest BCUT2D eigenvalue weighted by molar-refractivity contribution is 5.34. The molecule has 0 saturated carbocycles. The summed E-state index contributed by atoms with van der Waals surface area (Å²) >= 11 is 0. The van der Waals surface area contributed by atoms with Crippen LogP contribution in [0.25, 0.3) is 0 Å². The zero-order chi connectivity index (χ0) is 13.2. The van der Waals surface area contributed by atoms with Gasteiger partial charge in [-0.05, 0) is 11.6 Å².